The van der Waals surface area contributed by atoms with Gasteiger partial charge in [-0.15, -0.1) is 11.3 Å². The van der Waals surface area contributed by atoms with Gasteiger partial charge in [0.1, 0.15) is 5.00 Å². The number of ether oxygens (including phenoxy) is 1. The third-order valence-corrected chi connectivity index (χ3v) is 5.99. The summed E-state index contributed by atoms with van der Waals surface area (Å²) in [6, 6.07) is 0.450. The Morgan fingerprint density at radius 1 is 1.31 bits per heavy atom. The Kier molecular flexibility index (Phi) is 7.16. The largest absolute Gasteiger partial charge is 0.462 e. The molecule has 0 aliphatic carbocycles. The maximum absolute atomic E-state index is 12.5. The molecule has 2 rings (SSSR count). The number of piperidine rings is 1. The highest BCUT2D eigenvalue weighted by Gasteiger charge is 2.28. The van der Waals surface area contributed by atoms with Gasteiger partial charge in [-0.05, 0) is 45.6 Å². The highest BCUT2D eigenvalue weighted by Crippen LogP contribution is 2.33. The Bertz CT molecular complexity index is 686. The van der Waals surface area contributed by atoms with Crippen LogP contribution in [0.4, 0.5) is 5.00 Å². The quantitative estimate of drug-likeness (QED) is 0.640. The number of esters is 1. The van der Waals surface area contributed by atoms with E-state index in [9.17, 15) is 14.4 Å². The number of carbonyl (C=O) groups is 3. The van der Waals surface area contributed by atoms with E-state index in [1.807, 2.05) is 0 Å². The lowest BCUT2D eigenvalue weighted by atomic mass is 10.0. The van der Waals surface area contributed by atoms with Crippen molar-refractivity contribution in [2.45, 2.75) is 46.1 Å². The molecule has 1 fully saturated rings. The summed E-state index contributed by atoms with van der Waals surface area (Å²) in [4.78, 5) is 38.6. The number of hydrogen-bond donors (Lipinski definition) is 3. The number of likely N-dealkylation sites (tertiary alicyclic amines) is 1. The first-order chi connectivity index (χ1) is 12.4. The van der Waals surface area contributed by atoms with Gasteiger partial charge in [0, 0.05) is 7.05 Å². The van der Waals surface area contributed by atoms with Crippen molar-refractivity contribution in [3.8, 4) is 0 Å². The Hall–Kier alpha value is -1.93. The summed E-state index contributed by atoms with van der Waals surface area (Å²) in [7, 11) is 1.53. The summed E-state index contributed by atoms with van der Waals surface area (Å²) in [5.41, 5.74) is 0.798. The molecule has 0 aromatic carbocycles. The Morgan fingerprint density at radius 2 is 2.04 bits per heavy atom. The van der Waals surface area contributed by atoms with Crippen molar-refractivity contribution in [1.29, 1.82) is 0 Å². The van der Waals surface area contributed by atoms with Crippen LogP contribution in [0.15, 0.2) is 0 Å². The maximum atomic E-state index is 12.5. The summed E-state index contributed by atoms with van der Waals surface area (Å²) >= 11 is 1.11. The summed E-state index contributed by atoms with van der Waals surface area (Å²) < 4.78 is 5.10. The molecule has 0 spiro atoms. The normalized spacial score (nSPS) is 19.7. The van der Waals surface area contributed by atoms with Crippen molar-refractivity contribution in [3.05, 3.63) is 16.0 Å². The lowest BCUT2D eigenvalue weighted by molar-refractivity contribution is -0.920. The number of rotatable bonds is 6. The van der Waals surface area contributed by atoms with Gasteiger partial charge in [0.25, 0.3) is 11.8 Å². The maximum Gasteiger partial charge on any atom is 0.341 e. The van der Waals surface area contributed by atoms with Crippen molar-refractivity contribution in [3.63, 3.8) is 0 Å². The van der Waals surface area contributed by atoms with Gasteiger partial charge in [-0.25, -0.2) is 4.79 Å². The highest BCUT2D eigenvalue weighted by atomic mass is 32.1. The predicted octanol–water partition coefficient (Wildman–Crippen LogP) is 0.989. The van der Waals surface area contributed by atoms with Crippen LogP contribution >= 0.6 is 11.3 Å². The molecule has 26 heavy (non-hydrogen) atoms. The molecule has 0 bridgehead atoms. The van der Waals surface area contributed by atoms with Gasteiger partial charge in [0.05, 0.1) is 29.6 Å². The Morgan fingerprint density at radius 3 is 2.65 bits per heavy atom. The minimum Gasteiger partial charge on any atom is -0.462 e. The van der Waals surface area contributed by atoms with Crippen molar-refractivity contribution in [1.82, 2.24) is 5.32 Å². The number of hydrogen-bond acceptors (Lipinski definition) is 5. The van der Waals surface area contributed by atoms with E-state index in [4.69, 9.17) is 4.74 Å². The second kappa shape index (κ2) is 9.14. The fraction of sp³-hybridized carbons (Fsp3) is 0.611. The number of quaternary nitrogens is 1. The van der Waals surface area contributed by atoms with E-state index in [0.29, 0.717) is 28.0 Å². The standard InChI is InChI=1S/C18H27N3O4S/c1-5-25-18(24)14-12(3)15(16(23)19-4)26-17(14)20-13(22)10-21-9-7-6-8-11(21)2/h11H,5-10H2,1-4H3,(H,19,23)(H,20,22)/p+1/t11-/m0/s1. The number of amides is 2. The van der Waals surface area contributed by atoms with Gasteiger partial charge in [-0.3, -0.25) is 9.59 Å². The molecule has 1 aliphatic rings. The van der Waals surface area contributed by atoms with Gasteiger partial charge in [-0.1, -0.05) is 0 Å². The lowest BCUT2D eigenvalue weighted by Crippen LogP contribution is -3.17. The molecule has 144 valence electrons. The second-order valence-electron chi connectivity index (χ2n) is 6.59. The van der Waals surface area contributed by atoms with Gasteiger partial charge in [0.15, 0.2) is 6.54 Å². The van der Waals surface area contributed by atoms with Gasteiger partial charge >= 0.3 is 5.97 Å². The molecule has 1 aliphatic heterocycles. The summed E-state index contributed by atoms with van der Waals surface area (Å²) in [6.45, 7) is 7.14. The van der Waals surface area contributed by atoms with Crippen LogP contribution in [-0.4, -0.2) is 50.6 Å². The van der Waals surface area contributed by atoms with Crippen LogP contribution in [0.25, 0.3) is 0 Å². The fourth-order valence-corrected chi connectivity index (χ4v) is 4.43. The highest BCUT2D eigenvalue weighted by molar-refractivity contribution is 7.18. The number of carbonyl (C=O) groups excluding carboxylic acids is 3. The summed E-state index contributed by atoms with van der Waals surface area (Å²) in [6.07, 6.45) is 3.45. The SMILES string of the molecule is CCOC(=O)c1c(NC(=O)C[NH+]2CCCC[C@@H]2C)sc(C(=O)NC)c1C. The summed E-state index contributed by atoms with van der Waals surface area (Å²) in [5, 5.41) is 5.78. The lowest BCUT2D eigenvalue weighted by Gasteiger charge is -2.29. The molecule has 2 atom stereocenters. The van der Waals surface area contributed by atoms with E-state index in [0.717, 1.165) is 30.7 Å². The number of anilines is 1. The van der Waals surface area contributed by atoms with Crippen LogP contribution in [0.3, 0.4) is 0 Å². The molecule has 1 aromatic rings. The molecular weight excluding hydrogens is 354 g/mol. The van der Waals surface area contributed by atoms with E-state index in [2.05, 4.69) is 17.6 Å². The summed E-state index contributed by atoms with van der Waals surface area (Å²) in [5.74, 6) is -0.955. The van der Waals surface area contributed by atoms with Crippen LogP contribution in [0.5, 0.6) is 0 Å². The van der Waals surface area contributed by atoms with Crippen LogP contribution in [-0.2, 0) is 9.53 Å². The Balaban J connectivity index is 2.22. The van der Waals surface area contributed by atoms with E-state index in [1.54, 1.807) is 13.8 Å². The van der Waals surface area contributed by atoms with Gasteiger partial charge < -0.3 is 20.3 Å². The molecule has 2 amide bonds. The molecule has 1 unspecified atom stereocenters. The first-order valence-electron chi connectivity index (χ1n) is 9.06. The first-order valence-corrected chi connectivity index (χ1v) is 9.87. The average molecular weight is 383 g/mol. The topological polar surface area (TPSA) is 88.9 Å². The monoisotopic (exact) mass is 382 g/mol. The van der Waals surface area contributed by atoms with E-state index in [1.165, 1.54) is 18.4 Å². The number of nitrogens with one attached hydrogen (secondary N) is 3. The smallest absolute Gasteiger partial charge is 0.341 e. The molecule has 3 N–H and O–H groups in total. The molecule has 0 radical (unpaired) electrons. The molecule has 1 aromatic heterocycles. The molecule has 2 heterocycles. The zero-order chi connectivity index (χ0) is 19.3. The van der Waals surface area contributed by atoms with Crippen LogP contribution in [0, 0.1) is 6.92 Å². The molecule has 1 saturated heterocycles. The van der Waals surface area contributed by atoms with Crippen LogP contribution in [0.2, 0.25) is 0 Å². The van der Waals surface area contributed by atoms with Crippen LogP contribution < -0.4 is 15.5 Å². The van der Waals surface area contributed by atoms with E-state index in [-0.39, 0.29) is 24.0 Å². The molecular formula is C18H28N3O4S+. The van der Waals surface area contributed by atoms with E-state index >= 15 is 0 Å². The second-order valence-corrected chi connectivity index (χ2v) is 7.61. The number of thiophene rings is 1. The zero-order valence-electron chi connectivity index (χ0n) is 15.9. The third kappa shape index (κ3) is 4.62. The van der Waals surface area contributed by atoms with Crippen LogP contribution in [0.1, 0.15) is 58.7 Å². The van der Waals surface area contributed by atoms with Crippen molar-refractivity contribution in [2.75, 3.05) is 32.1 Å². The van der Waals surface area contributed by atoms with Gasteiger partial charge in [0.2, 0.25) is 0 Å². The van der Waals surface area contributed by atoms with E-state index < -0.39 is 5.97 Å². The van der Waals surface area contributed by atoms with Gasteiger partial charge in [-0.2, -0.15) is 0 Å². The van der Waals surface area contributed by atoms with Crippen molar-refractivity contribution >= 4 is 34.1 Å². The third-order valence-electron chi connectivity index (χ3n) is 4.78. The molecule has 0 saturated carbocycles. The predicted molar refractivity (Wildman–Crippen MR) is 101 cm³/mol. The fourth-order valence-electron chi connectivity index (χ4n) is 3.27. The molecule has 7 nitrogen and oxygen atoms in total. The first kappa shape index (κ1) is 20.4. The zero-order valence-corrected chi connectivity index (χ0v) is 16.7. The minimum absolute atomic E-state index is 0.149. The van der Waals surface area contributed by atoms with Crippen molar-refractivity contribution < 1.29 is 24.0 Å². The molecule has 8 heteroatoms. The van der Waals surface area contributed by atoms with Crippen molar-refractivity contribution in [2.24, 2.45) is 0 Å². The minimum atomic E-state index is -0.523. The average Bonchev–Trinajstić information content (AvgIpc) is 2.92. The Labute approximate surface area is 158 Å².